The molecule has 2 aliphatic rings. The number of carbonyl (C=O) groups is 1. The van der Waals surface area contributed by atoms with Crippen molar-refractivity contribution in [2.45, 2.75) is 24.9 Å². The van der Waals surface area contributed by atoms with Crippen LogP contribution in [0.2, 0.25) is 0 Å². The monoisotopic (exact) mass is 326 g/mol. The Morgan fingerprint density at radius 1 is 1.21 bits per heavy atom. The number of likely N-dealkylation sites (tertiary alicyclic amines) is 1. The molecule has 3 atom stereocenters. The summed E-state index contributed by atoms with van der Waals surface area (Å²) < 4.78 is 18.8. The largest absolute Gasteiger partial charge is 0.472 e. The SMILES string of the molecule is O=C(C1CC1c1ccc(F)cc1)N1CCC(Oc2ccccn2)C1. The molecule has 4 nitrogen and oxygen atoms in total. The number of pyridine rings is 1. The number of hydrogen-bond donors (Lipinski definition) is 0. The van der Waals surface area contributed by atoms with Crippen LogP contribution in [0.4, 0.5) is 4.39 Å². The minimum atomic E-state index is -0.240. The van der Waals surface area contributed by atoms with Gasteiger partial charge in [-0.25, -0.2) is 9.37 Å². The molecule has 0 radical (unpaired) electrons. The molecule has 24 heavy (non-hydrogen) atoms. The molecule has 4 rings (SSSR count). The second-order valence-corrected chi connectivity index (χ2v) is 6.48. The molecule has 124 valence electrons. The number of amides is 1. The van der Waals surface area contributed by atoms with E-state index in [9.17, 15) is 9.18 Å². The molecule has 2 aromatic rings. The minimum Gasteiger partial charge on any atom is -0.472 e. The summed E-state index contributed by atoms with van der Waals surface area (Å²) in [6, 6.07) is 12.0. The van der Waals surface area contributed by atoms with Crippen LogP contribution < -0.4 is 4.74 Å². The lowest BCUT2D eigenvalue weighted by Crippen LogP contribution is -2.32. The molecule has 1 saturated carbocycles. The first kappa shape index (κ1) is 15.1. The predicted octanol–water partition coefficient (Wildman–Crippen LogP) is 3.00. The van der Waals surface area contributed by atoms with Crippen LogP contribution in [0, 0.1) is 11.7 Å². The molecular weight excluding hydrogens is 307 g/mol. The number of carbonyl (C=O) groups excluding carboxylic acids is 1. The molecule has 3 unspecified atom stereocenters. The van der Waals surface area contributed by atoms with Crippen LogP contribution >= 0.6 is 0 Å². The fraction of sp³-hybridized carbons (Fsp3) is 0.368. The third-order valence-electron chi connectivity index (χ3n) is 4.79. The van der Waals surface area contributed by atoms with E-state index in [0.717, 1.165) is 24.9 Å². The topological polar surface area (TPSA) is 42.4 Å². The van der Waals surface area contributed by atoms with Crippen LogP contribution in [0.1, 0.15) is 24.3 Å². The van der Waals surface area contributed by atoms with Gasteiger partial charge in [-0.3, -0.25) is 4.79 Å². The highest BCUT2D eigenvalue weighted by Crippen LogP contribution is 2.48. The fourth-order valence-corrected chi connectivity index (χ4v) is 3.39. The standard InChI is InChI=1S/C19H19FN2O2/c20-14-6-4-13(5-7-14)16-11-17(16)19(23)22-10-8-15(12-22)24-18-3-1-2-9-21-18/h1-7,9,15-17H,8,10-12H2. The van der Waals surface area contributed by atoms with Crippen molar-refractivity contribution in [3.05, 3.63) is 60.0 Å². The normalized spacial score (nSPS) is 25.5. The summed E-state index contributed by atoms with van der Waals surface area (Å²) in [5.41, 5.74) is 1.05. The second-order valence-electron chi connectivity index (χ2n) is 6.48. The van der Waals surface area contributed by atoms with Crippen LogP contribution in [-0.4, -0.2) is 35.0 Å². The molecule has 1 aliphatic heterocycles. The molecule has 2 fully saturated rings. The Morgan fingerprint density at radius 2 is 2.04 bits per heavy atom. The van der Waals surface area contributed by atoms with Crippen LogP contribution in [-0.2, 0) is 4.79 Å². The molecule has 1 amide bonds. The van der Waals surface area contributed by atoms with Gasteiger partial charge in [0.1, 0.15) is 11.9 Å². The van der Waals surface area contributed by atoms with Crippen LogP contribution in [0.3, 0.4) is 0 Å². The molecule has 1 aromatic heterocycles. The van der Waals surface area contributed by atoms with Gasteiger partial charge in [-0.1, -0.05) is 18.2 Å². The Morgan fingerprint density at radius 3 is 2.79 bits per heavy atom. The van der Waals surface area contributed by atoms with E-state index in [1.54, 1.807) is 18.3 Å². The van der Waals surface area contributed by atoms with Crippen molar-refractivity contribution >= 4 is 5.91 Å². The Labute approximate surface area is 140 Å². The van der Waals surface area contributed by atoms with Crippen LogP contribution in [0.15, 0.2) is 48.7 Å². The zero-order valence-electron chi connectivity index (χ0n) is 13.3. The van der Waals surface area contributed by atoms with Crippen molar-refractivity contribution in [3.8, 4) is 5.88 Å². The quantitative estimate of drug-likeness (QED) is 0.867. The minimum absolute atomic E-state index is 0.00636. The van der Waals surface area contributed by atoms with Gasteiger partial charge in [0.05, 0.1) is 6.54 Å². The number of hydrogen-bond acceptors (Lipinski definition) is 3. The summed E-state index contributed by atoms with van der Waals surface area (Å²) in [7, 11) is 0. The Balaban J connectivity index is 1.33. The van der Waals surface area contributed by atoms with Crippen LogP contribution in [0.5, 0.6) is 5.88 Å². The number of rotatable bonds is 4. The van der Waals surface area contributed by atoms with E-state index in [1.807, 2.05) is 23.1 Å². The maximum Gasteiger partial charge on any atom is 0.226 e. The van der Waals surface area contributed by atoms with E-state index in [2.05, 4.69) is 4.98 Å². The molecule has 0 spiro atoms. The van der Waals surface area contributed by atoms with Gasteiger partial charge in [0.2, 0.25) is 11.8 Å². The van der Waals surface area contributed by atoms with Gasteiger partial charge in [-0.15, -0.1) is 0 Å². The van der Waals surface area contributed by atoms with Gasteiger partial charge in [0.15, 0.2) is 0 Å². The van der Waals surface area contributed by atoms with Crippen molar-refractivity contribution in [2.24, 2.45) is 5.92 Å². The molecule has 1 aromatic carbocycles. The van der Waals surface area contributed by atoms with Gasteiger partial charge < -0.3 is 9.64 Å². The Hall–Kier alpha value is -2.43. The van der Waals surface area contributed by atoms with Gasteiger partial charge in [-0.2, -0.15) is 0 Å². The Kier molecular flexibility index (Phi) is 3.92. The summed E-state index contributed by atoms with van der Waals surface area (Å²) >= 11 is 0. The second kappa shape index (κ2) is 6.23. The summed E-state index contributed by atoms with van der Waals surface area (Å²) in [6.07, 6.45) is 3.39. The average Bonchev–Trinajstić information content (AvgIpc) is 3.27. The number of benzene rings is 1. The first-order valence-corrected chi connectivity index (χ1v) is 8.32. The molecule has 0 bridgehead atoms. The van der Waals surface area contributed by atoms with Gasteiger partial charge >= 0.3 is 0 Å². The van der Waals surface area contributed by atoms with Crippen molar-refractivity contribution in [1.82, 2.24) is 9.88 Å². The van der Waals surface area contributed by atoms with Gasteiger partial charge in [0.25, 0.3) is 0 Å². The molecular formula is C19H19FN2O2. The van der Waals surface area contributed by atoms with Crippen molar-refractivity contribution in [1.29, 1.82) is 0 Å². The zero-order valence-corrected chi connectivity index (χ0v) is 13.3. The summed E-state index contributed by atoms with van der Waals surface area (Å²) in [5, 5.41) is 0. The number of halogens is 1. The third kappa shape index (κ3) is 3.11. The molecule has 2 heterocycles. The smallest absolute Gasteiger partial charge is 0.226 e. The zero-order chi connectivity index (χ0) is 16.5. The first-order chi connectivity index (χ1) is 11.7. The van der Waals surface area contributed by atoms with E-state index in [4.69, 9.17) is 4.74 Å². The summed E-state index contributed by atoms with van der Waals surface area (Å²) in [6.45, 7) is 1.34. The average molecular weight is 326 g/mol. The van der Waals surface area contributed by atoms with Crippen molar-refractivity contribution in [2.75, 3.05) is 13.1 Å². The number of ether oxygens (including phenoxy) is 1. The predicted molar refractivity (Wildman–Crippen MR) is 87.1 cm³/mol. The lowest BCUT2D eigenvalue weighted by atomic mass is 10.1. The first-order valence-electron chi connectivity index (χ1n) is 8.32. The number of nitrogens with zero attached hydrogens (tertiary/aromatic N) is 2. The summed E-state index contributed by atoms with van der Waals surface area (Å²) in [4.78, 5) is 18.7. The molecule has 1 saturated heterocycles. The van der Waals surface area contributed by atoms with E-state index in [1.165, 1.54) is 12.1 Å². The summed E-state index contributed by atoms with van der Waals surface area (Å²) in [5.74, 6) is 0.818. The van der Waals surface area contributed by atoms with Crippen molar-refractivity contribution < 1.29 is 13.9 Å². The number of aromatic nitrogens is 1. The highest BCUT2D eigenvalue weighted by molar-refractivity contribution is 5.83. The highest BCUT2D eigenvalue weighted by atomic mass is 19.1. The lowest BCUT2D eigenvalue weighted by molar-refractivity contribution is -0.131. The lowest BCUT2D eigenvalue weighted by Gasteiger charge is -2.17. The molecule has 5 heteroatoms. The molecule has 0 N–H and O–H groups in total. The van der Waals surface area contributed by atoms with E-state index in [0.29, 0.717) is 12.4 Å². The third-order valence-corrected chi connectivity index (χ3v) is 4.79. The van der Waals surface area contributed by atoms with Crippen molar-refractivity contribution in [3.63, 3.8) is 0 Å². The van der Waals surface area contributed by atoms with Crippen LogP contribution in [0.25, 0.3) is 0 Å². The molecule has 1 aliphatic carbocycles. The Bertz CT molecular complexity index is 720. The van der Waals surface area contributed by atoms with E-state index in [-0.39, 0.29) is 29.7 Å². The van der Waals surface area contributed by atoms with Gasteiger partial charge in [-0.05, 0) is 36.1 Å². The van der Waals surface area contributed by atoms with Gasteiger partial charge in [0, 0.05) is 31.1 Å². The fourth-order valence-electron chi connectivity index (χ4n) is 3.39. The van der Waals surface area contributed by atoms with E-state index >= 15 is 0 Å². The maximum atomic E-state index is 13.0. The highest BCUT2D eigenvalue weighted by Gasteiger charge is 2.47. The maximum absolute atomic E-state index is 13.0. The van der Waals surface area contributed by atoms with E-state index < -0.39 is 0 Å².